The van der Waals surface area contributed by atoms with Gasteiger partial charge in [-0.05, 0) is 36.4 Å². The Balaban J connectivity index is 1.98. The molecule has 2 aromatic rings. The number of carboxylic acid groups (broad SMARTS) is 1. The topological polar surface area (TPSA) is 133 Å². The van der Waals surface area contributed by atoms with Gasteiger partial charge >= 0.3 is 12.0 Å². The van der Waals surface area contributed by atoms with Gasteiger partial charge in [0.2, 0.25) is 0 Å². The van der Waals surface area contributed by atoms with Crippen molar-refractivity contribution in [2.24, 2.45) is 0 Å². The number of hydrogen-bond donors (Lipinski definition) is 3. The molecule has 4 amide bonds. The quantitative estimate of drug-likeness (QED) is 0.527. The van der Waals surface area contributed by atoms with Gasteiger partial charge in [0.05, 0.1) is 5.69 Å². The second kappa shape index (κ2) is 7.62. The van der Waals surface area contributed by atoms with E-state index < -0.39 is 30.4 Å². The lowest BCUT2D eigenvalue weighted by molar-refractivity contribution is -0.139. The summed E-state index contributed by atoms with van der Waals surface area (Å²) >= 11 is 0. The van der Waals surface area contributed by atoms with Crippen molar-refractivity contribution in [2.75, 3.05) is 11.5 Å². The third kappa shape index (κ3) is 3.83. The normalized spacial score (nSPS) is 15.5. The van der Waals surface area contributed by atoms with Crippen LogP contribution in [0, 0.1) is 0 Å². The van der Waals surface area contributed by atoms with Crippen LogP contribution in [0.5, 0.6) is 11.5 Å². The van der Waals surface area contributed by atoms with Crippen molar-refractivity contribution in [3.8, 4) is 11.5 Å². The standard InChI is InChI=1S/C19H14N2O7/c22-13-7-5-12(6-8-13)21-18(26)14(17(25)20-19(21)27)9-11-3-1-2-4-15(11)28-10-16(23)24/h1-9,22H,10H2,(H,23,24)(H,20,25,27). The smallest absolute Gasteiger partial charge is 0.341 e. The summed E-state index contributed by atoms with van der Waals surface area (Å²) in [7, 11) is 0. The van der Waals surface area contributed by atoms with E-state index in [0.29, 0.717) is 5.56 Å². The summed E-state index contributed by atoms with van der Waals surface area (Å²) in [6.07, 6.45) is 1.22. The largest absolute Gasteiger partial charge is 0.508 e. The zero-order valence-electron chi connectivity index (χ0n) is 14.3. The average molecular weight is 382 g/mol. The average Bonchev–Trinajstić information content (AvgIpc) is 2.65. The van der Waals surface area contributed by atoms with Gasteiger partial charge in [-0.2, -0.15) is 0 Å². The number of carbonyl (C=O) groups is 4. The fourth-order valence-corrected chi connectivity index (χ4v) is 2.52. The van der Waals surface area contributed by atoms with Gasteiger partial charge in [-0.15, -0.1) is 0 Å². The van der Waals surface area contributed by atoms with Crippen LogP contribution in [0.3, 0.4) is 0 Å². The first-order chi connectivity index (χ1) is 13.4. The Bertz CT molecular complexity index is 996. The fraction of sp³-hybridized carbons (Fsp3) is 0.0526. The number of nitrogens with one attached hydrogen (secondary N) is 1. The third-order valence-corrected chi connectivity index (χ3v) is 3.78. The van der Waals surface area contributed by atoms with Crippen molar-refractivity contribution < 1.29 is 34.1 Å². The van der Waals surface area contributed by atoms with Gasteiger partial charge in [0, 0.05) is 5.56 Å². The van der Waals surface area contributed by atoms with E-state index in [1.54, 1.807) is 12.1 Å². The molecule has 0 radical (unpaired) electrons. The Morgan fingerprint density at radius 2 is 1.75 bits per heavy atom. The fourth-order valence-electron chi connectivity index (χ4n) is 2.52. The highest BCUT2D eigenvalue weighted by atomic mass is 16.5. The number of carboxylic acids is 1. The van der Waals surface area contributed by atoms with Crippen LogP contribution in [0.15, 0.2) is 54.1 Å². The molecule has 0 unspecified atom stereocenters. The van der Waals surface area contributed by atoms with Crippen LogP contribution in [0.4, 0.5) is 10.5 Å². The first kappa shape index (κ1) is 18.6. The molecule has 1 heterocycles. The molecule has 0 bridgehead atoms. The number of amides is 4. The molecule has 28 heavy (non-hydrogen) atoms. The molecular formula is C19H14N2O7. The predicted octanol–water partition coefficient (Wildman–Crippen LogP) is 1.52. The number of hydrogen-bond acceptors (Lipinski definition) is 6. The first-order valence-corrected chi connectivity index (χ1v) is 8.01. The Morgan fingerprint density at radius 1 is 1.07 bits per heavy atom. The number of aromatic hydroxyl groups is 1. The van der Waals surface area contributed by atoms with E-state index in [2.05, 4.69) is 5.32 Å². The lowest BCUT2D eigenvalue weighted by atomic mass is 10.1. The molecule has 1 saturated heterocycles. The summed E-state index contributed by atoms with van der Waals surface area (Å²) in [4.78, 5) is 48.6. The maximum Gasteiger partial charge on any atom is 0.341 e. The SMILES string of the molecule is O=C(O)COc1ccccc1C=C1C(=O)NC(=O)N(c2ccc(O)cc2)C1=O. The van der Waals surface area contributed by atoms with Crippen LogP contribution >= 0.6 is 0 Å². The number of para-hydroxylation sites is 1. The highest BCUT2D eigenvalue weighted by Crippen LogP contribution is 2.26. The van der Waals surface area contributed by atoms with Gasteiger partial charge in [0.15, 0.2) is 6.61 Å². The summed E-state index contributed by atoms with van der Waals surface area (Å²) in [5.74, 6) is -2.83. The van der Waals surface area contributed by atoms with Crippen molar-refractivity contribution in [3.63, 3.8) is 0 Å². The van der Waals surface area contributed by atoms with Gasteiger partial charge in [-0.3, -0.25) is 14.9 Å². The van der Waals surface area contributed by atoms with Crippen LogP contribution in [-0.2, 0) is 14.4 Å². The lowest BCUT2D eigenvalue weighted by Gasteiger charge is -2.26. The second-order valence-corrected chi connectivity index (χ2v) is 5.69. The summed E-state index contributed by atoms with van der Waals surface area (Å²) in [6.45, 7) is -0.599. The molecular weight excluding hydrogens is 368 g/mol. The Kier molecular flexibility index (Phi) is 5.07. The molecule has 142 valence electrons. The van der Waals surface area contributed by atoms with E-state index in [-0.39, 0.29) is 22.8 Å². The van der Waals surface area contributed by atoms with E-state index in [1.807, 2.05) is 0 Å². The minimum Gasteiger partial charge on any atom is -0.508 e. The second-order valence-electron chi connectivity index (χ2n) is 5.69. The summed E-state index contributed by atoms with van der Waals surface area (Å²) in [5.41, 5.74) is 0.121. The molecule has 1 aliphatic heterocycles. The molecule has 0 spiro atoms. The monoisotopic (exact) mass is 382 g/mol. The number of phenolic OH excluding ortho intramolecular Hbond substituents is 1. The van der Waals surface area contributed by atoms with Crippen molar-refractivity contribution in [1.82, 2.24) is 5.32 Å². The molecule has 3 N–H and O–H groups in total. The third-order valence-electron chi connectivity index (χ3n) is 3.78. The number of carbonyl (C=O) groups excluding carboxylic acids is 3. The minimum atomic E-state index is -1.18. The number of urea groups is 1. The Morgan fingerprint density at radius 3 is 2.43 bits per heavy atom. The molecule has 9 nitrogen and oxygen atoms in total. The summed E-state index contributed by atoms with van der Waals surface area (Å²) in [6, 6.07) is 10.6. The van der Waals surface area contributed by atoms with Crippen LogP contribution < -0.4 is 15.0 Å². The lowest BCUT2D eigenvalue weighted by Crippen LogP contribution is -2.54. The number of imide groups is 2. The Labute approximate surface area is 158 Å². The highest BCUT2D eigenvalue weighted by Gasteiger charge is 2.36. The number of aliphatic carboxylic acids is 1. The number of nitrogens with zero attached hydrogens (tertiary/aromatic N) is 1. The Hall–Kier alpha value is -4.14. The van der Waals surface area contributed by atoms with Crippen molar-refractivity contribution in [3.05, 3.63) is 59.7 Å². The number of anilines is 1. The number of benzene rings is 2. The first-order valence-electron chi connectivity index (χ1n) is 8.01. The molecule has 1 fully saturated rings. The van der Waals surface area contributed by atoms with Gasteiger partial charge in [-0.1, -0.05) is 18.2 Å². The molecule has 1 aliphatic rings. The van der Waals surface area contributed by atoms with Gasteiger partial charge in [0.1, 0.15) is 17.1 Å². The van der Waals surface area contributed by atoms with Crippen LogP contribution in [0.2, 0.25) is 0 Å². The van der Waals surface area contributed by atoms with Crippen LogP contribution in [0.25, 0.3) is 6.08 Å². The van der Waals surface area contributed by atoms with Crippen molar-refractivity contribution in [1.29, 1.82) is 0 Å². The number of ether oxygens (including phenoxy) is 1. The number of barbiturate groups is 1. The molecule has 0 aliphatic carbocycles. The number of phenols is 1. The summed E-state index contributed by atoms with van der Waals surface area (Å²) in [5, 5.41) is 20.2. The van der Waals surface area contributed by atoms with Gasteiger partial charge < -0.3 is 14.9 Å². The molecule has 3 rings (SSSR count). The van der Waals surface area contributed by atoms with Crippen LogP contribution in [-0.4, -0.2) is 40.6 Å². The van der Waals surface area contributed by atoms with E-state index in [1.165, 1.54) is 42.5 Å². The molecule has 0 atom stereocenters. The zero-order chi connectivity index (χ0) is 20.3. The zero-order valence-corrected chi connectivity index (χ0v) is 14.3. The highest BCUT2D eigenvalue weighted by molar-refractivity contribution is 6.39. The molecule has 0 aromatic heterocycles. The van der Waals surface area contributed by atoms with Gasteiger partial charge in [-0.25, -0.2) is 14.5 Å². The molecule has 0 saturated carbocycles. The van der Waals surface area contributed by atoms with E-state index in [4.69, 9.17) is 9.84 Å². The van der Waals surface area contributed by atoms with E-state index in [9.17, 15) is 24.3 Å². The predicted molar refractivity (Wildman–Crippen MR) is 96.7 cm³/mol. The molecule has 2 aromatic carbocycles. The molecule has 9 heteroatoms. The summed E-state index contributed by atoms with van der Waals surface area (Å²) < 4.78 is 5.16. The number of rotatable bonds is 5. The van der Waals surface area contributed by atoms with Crippen molar-refractivity contribution >= 4 is 35.6 Å². The minimum absolute atomic E-state index is 0.0510. The van der Waals surface area contributed by atoms with Gasteiger partial charge in [0.25, 0.3) is 11.8 Å². The van der Waals surface area contributed by atoms with E-state index >= 15 is 0 Å². The van der Waals surface area contributed by atoms with E-state index in [0.717, 1.165) is 4.90 Å². The van der Waals surface area contributed by atoms with Crippen molar-refractivity contribution in [2.45, 2.75) is 0 Å². The maximum absolute atomic E-state index is 12.8. The maximum atomic E-state index is 12.8. The van der Waals surface area contributed by atoms with Crippen LogP contribution in [0.1, 0.15) is 5.56 Å².